The molecule has 1 aliphatic heterocycles. The highest BCUT2D eigenvalue weighted by Gasteiger charge is 2.38. The normalized spacial score (nSPS) is 34.9. The summed E-state index contributed by atoms with van der Waals surface area (Å²) in [6, 6.07) is -0.968. The van der Waals surface area contributed by atoms with Crippen molar-refractivity contribution in [1.29, 1.82) is 0 Å². The monoisotopic (exact) mass is 173 g/mol. The van der Waals surface area contributed by atoms with Gasteiger partial charge in [-0.05, 0) is 13.3 Å². The third-order valence-electron chi connectivity index (χ3n) is 2.17. The van der Waals surface area contributed by atoms with Gasteiger partial charge in [0.25, 0.3) is 0 Å². The Hall–Kier alpha value is -1.10. The second kappa shape index (κ2) is 3.10. The Morgan fingerprint density at radius 3 is 2.17 bits per heavy atom. The number of carbonyl (C=O) groups is 2. The van der Waals surface area contributed by atoms with E-state index in [0.29, 0.717) is 0 Å². The zero-order valence-electron chi connectivity index (χ0n) is 6.65. The lowest BCUT2D eigenvalue weighted by Crippen LogP contribution is -2.35. The van der Waals surface area contributed by atoms with Crippen LogP contribution in [0.2, 0.25) is 0 Å². The predicted octanol–water partition coefficient (Wildman–Crippen LogP) is -0.478. The second-order valence-electron chi connectivity index (χ2n) is 3.03. The highest BCUT2D eigenvalue weighted by Crippen LogP contribution is 2.20. The van der Waals surface area contributed by atoms with Crippen molar-refractivity contribution in [2.45, 2.75) is 25.4 Å². The number of hydrogen-bond donors (Lipinski definition) is 3. The fraction of sp³-hybridized carbons (Fsp3) is 0.714. The Kier molecular flexibility index (Phi) is 2.32. The average molecular weight is 173 g/mol. The molecule has 5 heteroatoms. The Morgan fingerprint density at radius 1 is 1.33 bits per heavy atom. The van der Waals surface area contributed by atoms with Gasteiger partial charge in [0.1, 0.15) is 6.04 Å². The quantitative estimate of drug-likeness (QED) is 0.525. The number of nitrogens with one attached hydrogen (secondary N) is 1. The molecule has 0 aromatic rings. The van der Waals surface area contributed by atoms with Crippen molar-refractivity contribution in [2.75, 3.05) is 0 Å². The van der Waals surface area contributed by atoms with Gasteiger partial charge in [0.2, 0.25) is 0 Å². The van der Waals surface area contributed by atoms with Gasteiger partial charge in [-0.25, -0.2) is 0 Å². The van der Waals surface area contributed by atoms with Crippen LogP contribution in [0.15, 0.2) is 0 Å². The molecule has 5 nitrogen and oxygen atoms in total. The standard InChI is InChI=1S/C7H11NO4/c1-3-4(6(9)10)2-5(8-3)7(11)12/h3-5,8H,2H2,1H3,(H,9,10)(H,11,12)/t3-,4+,5+/m1/s1. The lowest BCUT2D eigenvalue weighted by atomic mass is 10.0. The first-order valence-electron chi connectivity index (χ1n) is 3.74. The van der Waals surface area contributed by atoms with Gasteiger partial charge in [-0.3, -0.25) is 9.59 Å². The molecule has 1 fully saturated rings. The summed E-state index contributed by atoms with van der Waals surface area (Å²) in [5.41, 5.74) is 0. The summed E-state index contributed by atoms with van der Waals surface area (Å²) in [7, 11) is 0. The van der Waals surface area contributed by atoms with Crippen LogP contribution in [0.4, 0.5) is 0 Å². The van der Waals surface area contributed by atoms with Crippen molar-refractivity contribution < 1.29 is 19.8 Å². The molecular weight excluding hydrogens is 162 g/mol. The van der Waals surface area contributed by atoms with Crippen LogP contribution >= 0.6 is 0 Å². The summed E-state index contributed by atoms with van der Waals surface area (Å²) < 4.78 is 0. The van der Waals surface area contributed by atoms with E-state index in [4.69, 9.17) is 10.2 Å². The minimum atomic E-state index is -0.981. The van der Waals surface area contributed by atoms with Gasteiger partial charge in [-0.1, -0.05) is 0 Å². The SMILES string of the molecule is C[C@H]1N[C@H](C(=O)O)C[C@@H]1C(=O)O. The Morgan fingerprint density at radius 2 is 1.92 bits per heavy atom. The van der Waals surface area contributed by atoms with Crippen molar-refractivity contribution in [3.63, 3.8) is 0 Å². The van der Waals surface area contributed by atoms with Gasteiger partial charge in [0.15, 0.2) is 0 Å². The molecule has 0 bridgehead atoms. The van der Waals surface area contributed by atoms with Crippen LogP contribution in [0.5, 0.6) is 0 Å². The van der Waals surface area contributed by atoms with Gasteiger partial charge in [-0.2, -0.15) is 0 Å². The van der Waals surface area contributed by atoms with Crippen LogP contribution < -0.4 is 5.32 Å². The number of hydrogen-bond acceptors (Lipinski definition) is 3. The molecule has 3 atom stereocenters. The third-order valence-corrected chi connectivity index (χ3v) is 2.17. The first kappa shape index (κ1) is 8.99. The number of aliphatic carboxylic acids is 2. The molecule has 0 spiro atoms. The molecule has 1 heterocycles. The van der Waals surface area contributed by atoms with Gasteiger partial charge in [0, 0.05) is 6.04 Å². The summed E-state index contributed by atoms with van der Waals surface area (Å²) in [6.07, 6.45) is 0.172. The molecule has 0 aromatic carbocycles. The van der Waals surface area contributed by atoms with Crippen LogP contribution in [0.1, 0.15) is 13.3 Å². The van der Waals surface area contributed by atoms with Gasteiger partial charge >= 0.3 is 11.9 Å². The van der Waals surface area contributed by atoms with Gasteiger partial charge < -0.3 is 15.5 Å². The van der Waals surface area contributed by atoms with Crippen LogP contribution in [0.25, 0.3) is 0 Å². The fourth-order valence-corrected chi connectivity index (χ4v) is 1.45. The van der Waals surface area contributed by atoms with E-state index in [-0.39, 0.29) is 12.5 Å². The molecule has 0 aromatic heterocycles. The summed E-state index contributed by atoms with van der Waals surface area (Å²) in [5, 5.41) is 19.9. The summed E-state index contributed by atoms with van der Waals surface area (Å²) in [6.45, 7) is 1.68. The van der Waals surface area contributed by atoms with Crippen molar-refractivity contribution in [3.05, 3.63) is 0 Å². The lowest BCUT2D eigenvalue weighted by molar-refractivity contribution is -0.142. The van der Waals surface area contributed by atoms with Crippen molar-refractivity contribution in [3.8, 4) is 0 Å². The Bertz CT molecular complexity index is 215. The Balaban J connectivity index is 2.62. The minimum absolute atomic E-state index is 0.172. The molecule has 68 valence electrons. The van der Waals surface area contributed by atoms with E-state index in [2.05, 4.69) is 5.32 Å². The second-order valence-corrected chi connectivity index (χ2v) is 3.03. The van der Waals surface area contributed by atoms with Crippen molar-refractivity contribution in [2.24, 2.45) is 5.92 Å². The zero-order valence-corrected chi connectivity index (χ0v) is 6.65. The van der Waals surface area contributed by atoms with Crippen LogP contribution in [-0.4, -0.2) is 34.2 Å². The molecular formula is C7H11NO4. The minimum Gasteiger partial charge on any atom is -0.481 e. The summed E-state index contributed by atoms with van der Waals surface area (Å²) in [4.78, 5) is 21.0. The van der Waals surface area contributed by atoms with E-state index in [9.17, 15) is 9.59 Å². The molecule has 1 saturated heterocycles. The molecule has 12 heavy (non-hydrogen) atoms. The highest BCUT2D eigenvalue weighted by molar-refractivity contribution is 5.78. The average Bonchev–Trinajstić information content (AvgIpc) is 2.30. The van der Waals surface area contributed by atoms with Crippen LogP contribution in [0, 0.1) is 5.92 Å². The van der Waals surface area contributed by atoms with Crippen molar-refractivity contribution >= 4 is 11.9 Å². The van der Waals surface area contributed by atoms with E-state index in [1.165, 1.54) is 0 Å². The van der Waals surface area contributed by atoms with E-state index in [1.54, 1.807) is 6.92 Å². The first-order chi connectivity index (χ1) is 5.52. The molecule has 3 N–H and O–H groups in total. The molecule has 0 radical (unpaired) electrons. The predicted molar refractivity (Wildman–Crippen MR) is 39.8 cm³/mol. The van der Waals surface area contributed by atoms with Crippen molar-refractivity contribution in [1.82, 2.24) is 5.32 Å². The topological polar surface area (TPSA) is 86.6 Å². The molecule has 1 rings (SSSR count). The Labute approximate surface area is 69.4 Å². The maximum absolute atomic E-state index is 10.5. The van der Waals surface area contributed by atoms with Gasteiger partial charge in [-0.15, -0.1) is 0 Å². The molecule has 0 saturated carbocycles. The molecule has 1 aliphatic rings. The fourth-order valence-electron chi connectivity index (χ4n) is 1.45. The van der Waals surface area contributed by atoms with E-state index in [1.807, 2.05) is 0 Å². The third kappa shape index (κ3) is 1.55. The number of carboxylic acid groups (broad SMARTS) is 2. The smallest absolute Gasteiger partial charge is 0.320 e. The molecule has 0 unspecified atom stereocenters. The number of carboxylic acids is 2. The van der Waals surface area contributed by atoms with E-state index >= 15 is 0 Å². The maximum Gasteiger partial charge on any atom is 0.320 e. The lowest BCUT2D eigenvalue weighted by Gasteiger charge is -2.07. The molecule has 0 amide bonds. The van der Waals surface area contributed by atoms with Crippen LogP contribution in [0.3, 0.4) is 0 Å². The maximum atomic E-state index is 10.5. The van der Waals surface area contributed by atoms with Gasteiger partial charge in [0.05, 0.1) is 5.92 Å². The zero-order chi connectivity index (χ0) is 9.30. The summed E-state index contributed by atoms with van der Waals surface area (Å²) >= 11 is 0. The van der Waals surface area contributed by atoms with E-state index in [0.717, 1.165) is 0 Å². The van der Waals surface area contributed by atoms with Crippen LogP contribution in [-0.2, 0) is 9.59 Å². The molecule has 0 aliphatic carbocycles. The largest absolute Gasteiger partial charge is 0.481 e. The first-order valence-corrected chi connectivity index (χ1v) is 3.74. The number of rotatable bonds is 2. The summed E-state index contributed by atoms with van der Waals surface area (Å²) in [5.74, 6) is -2.49. The van der Waals surface area contributed by atoms with E-state index < -0.39 is 23.9 Å². The highest BCUT2D eigenvalue weighted by atomic mass is 16.4.